The molecular formula is C12H17NO3. The highest BCUT2D eigenvalue weighted by Gasteiger charge is 2.39. The van der Waals surface area contributed by atoms with E-state index < -0.39 is 12.2 Å². The Morgan fingerprint density at radius 1 is 1.62 bits per heavy atom. The van der Waals surface area contributed by atoms with Gasteiger partial charge in [0.2, 0.25) is 5.91 Å². The largest absolute Gasteiger partial charge is 0.389 e. The van der Waals surface area contributed by atoms with E-state index >= 15 is 0 Å². The summed E-state index contributed by atoms with van der Waals surface area (Å²) in [6, 6.07) is -0.296. The van der Waals surface area contributed by atoms with Crippen molar-refractivity contribution in [3.05, 3.63) is 23.3 Å². The standard InChI is InChI=1S/C12H17NO3/c1-7(14)10-6-11(16)12-9(10)4-3-5-13(12)8(2)15/h4,6-7,11-12,14,16H,3,5H2,1-2H3/t7-,11-,12-/m0/s1. The quantitative estimate of drug-likeness (QED) is 0.668. The molecule has 0 fully saturated rings. The normalized spacial score (nSPS) is 30.6. The Labute approximate surface area is 94.9 Å². The zero-order chi connectivity index (χ0) is 11.9. The van der Waals surface area contributed by atoms with Crippen LogP contribution in [0.15, 0.2) is 23.3 Å². The Balaban J connectivity index is 2.33. The summed E-state index contributed by atoms with van der Waals surface area (Å²) in [7, 11) is 0. The predicted molar refractivity (Wildman–Crippen MR) is 59.6 cm³/mol. The second-order valence-electron chi connectivity index (χ2n) is 4.39. The van der Waals surface area contributed by atoms with E-state index in [1.165, 1.54) is 6.92 Å². The highest BCUT2D eigenvalue weighted by molar-refractivity contribution is 5.75. The molecule has 1 heterocycles. The third-order valence-corrected chi connectivity index (χ3v) is 3.25. The lowest BCUT2D eigenvalue weighted by atomic mass is 9.95. The van der Waals surface area contributed by atoms with Gasteiger partial charge in [-0.25, -0.2) is 0 Å². The number of carbonyl (C=O) groups excluding carboxylic acids is 1. The van der Waals surface area contributed by atoms with Crippen molar-refractivity contribution in [1.82, 2.24) is 4.90 Å². The summed E-state index contributed by atoms with van der Waals surface area (Å²) in [6.45, 7) is 3.83. The zero-order valence-corrected chi connectivity index (χ0v) is 9.55. The molecule has 1 aliphatic carbocycles. The number of fused-ring (bicyclic) bond motifs is 1. The van der Waals surface area contributed by atoms with Gasteiger partial charge in [0.15, 0.2) is 0 Å². The molecule has 0 aromatic rings. The summed E-state index contributed by atoms with van der Waals surface area (Å²) < 4.78 is 0. The minimum atomic E-state index is -0.694. The first-order valence-corrected chi connectivity index (χ1v) is 5.58. The van der Waals surface area contributed by atoms with Gasteiger partial charge in [-0.2, -0.15) is 0 Å². The van der Waals surface area contributed by atoms with Gasteiger partial charge in [-0.1, -0.05) is 6.08 Å². The molecule has 0 unspecified atom stereocenters. The zero-order valence-electron chi connectivity index (χ0n) is 9.55. The number of aliphatic hydroxyl groups is 2. The first-order valence-electron chi connectivity index (χ1n) is 5.58. The molecule has 16 heavy (non-hydrogen) atoms. The topological polar surface area (TPSA) is 60.8 Å². The Morgan fingerprint density at radius 2 is 2.31 bits per heavy atom. The van der Waals surface area contributed by atoms with Crippen LogP contribution in [-0.2, 0) is 4.79 Å². The fourth-order valence-corrected chi connectivity index (χ4v) is 2.55. The van der Waals surface area contributed by atoms with Gasteiger partial charge in [-0.15, -0.1) is 0 Å². The van der Waals surface area contributed by atoms with E-state index in [2.05, 4.69) is 0 Å². The molecule has 2 aliphatic rings. The van der Waals surface area contributed by atoms with E-state index in [0.29, 0.717) is 6.54 Å². The number of hydrogen-bond donors (Lipinski definition) is 2. The van der Waals surface area contributed by atoms with Crippen molar-refractivity contribution in [2.45, 2.75) is 38.5 Å². The Morgan fingerprint density at radius 3 is 2.88 bits per heavy atom. The van der Waals surface area contributed by atoms with Gasteiger partial charge in [-0.05, 0) is 30.6 Å². The molecule has 0 saturated heterocycles. The van der Waals surface area contributed by atoms with Crippen molar-refractivity contribution in [1.29, 1.82) is 0 Å². The molecule has 3 atom stereocenters. The van der Waals surface area contributed by atoms with Crippen molar-refractivity contribution in [3.8, 4) is 0 Å². The molecule has 2 rings (SSSR count). The highest BCUT2D eigenvalue weighted by Crippen LogP contribution is 2.35. The lowest BCUT2D eigenvalue weighted by Gasteiger charge is -2.35. The molecule has 0 saturated carbocycles. The molecule has 4 nitrogen and oxygen atoms in total. The van der Waals surface area contributed by atoms with Crippen LogP contribution in [0.4, 0.5) is 0 Å². The smallest absolute Gasteiger partial charge is 0.220 e. The number of carbonyl (C=O) groups is 1. The lowest BCUT2D eigenvalue weighted by Crippen LogP contribution is -2.47. The summed E-state index contributed by atoms with van der Waals surface area (Å²) in [5, 5.41) is 19.6. The molecule has 2 N–H and O–H groups in total. The fourth-order valence-electron chi connectivity index (χ4n) is 2.55. The number of amides is 1. The van der Waals surface area contributed by atoms with Gasteiger partial charge in [0, 0.05) is 13.5 Å². The summed E-state index contributed by atoms with van der Waals surface area (Å²) in [6.07, 6.45) is 3.15. The van der Waals surface area contributed by atoms with Gasteiger partial charge >= 0.3 is 0 Å². The van der Waals surface area contributed by atoms with Gasteiger partial charge in [0.05, 0.1) is 18.2 Å². The highest BCUT2D eigenvalue weighted by atomic mass is 16.3. The number of hydrogen-bond acceptors (Lipinski definition) is 3. The molecule has 1 amide bonds. The van der Waals surface area contributed by atoms with Crippen molar-refractivity contribution in [2.75, 3.05) is 6.54 Å². The van der Waals surface area contributed by atoms with Crippen LogP contribution in [0.5, 0.6) is 0 Å². The maximum absolute atomic E-state index is 11.5. The van der Waals surface area contributed by atoms with Crippen LogP contribution in [0.25, 0.3) is 0 Å². The van der Waals surface area contributed by atoms with E-state index in [1.54, 1.807) is 17.9 Å². The van der Waals surface area contributed by atoms with E-state index in [1.807, 2.05) is 6.08 Å². The Kier molecular flexibility index (Phi) is 2.86. The third-order valence-electron chi connectivity index (χ3n) is 3.25. The Bertz CT molecular complexity index is 370. The monoisotopic (exact) mass is 223 g/mol. The molecule has 88 valence electrons. The van der Waals surface area contributed by atoms with Crippen LogP contribution in [0.2, 0.25) is 0 Å². The number of rotatable bonds is 1. The minimum Gasteiger partial charge on any atom is -0.389 e. The van der Waals surface area contributed by atoms with Gasteiger partial charge in [0.25, 0.3) is 0 Å². The van der Waals surface area contributed by atoms with Crippen molar-refractivity contribution in [3.63, 3.8) is 0 Å². The number of nitrogens with zero attached hydrogens (tertiary/aromatic N) is 1. The molecule has 0 spiro atoms. The first-order chi connectivity index (χ1) is 7.52. The van der Waals surface area contributed by atoms with E-state index in [4.69, 9.17) is 0 Å². The molecule has 0 aromatic carbocycles. The van der Waals surface area contributed by atoms with Crippen LogP contribution in [0.3, 0.4) is 0 Å². The Hall–Kier alpha value is -1.13. The molecular weight excluding hydrogens is 206 g/mol. The van der Waals surface area contributed by atoms with E-state index in [9.17, 15) is 15.0 Å². The molecule has 0 radical (unpaired) electrons. The summed E-state index contributed by atoms with van der Waals surface area (Å²) in [4.78, 5) is 13.1. The van der Waals surface area contributed by atoms with Crippen LogP contribution < -0.4 is 0 Å². The van der Waals surface area contributed by atoms with Gasteiger partial charge < -0.3 is 15.1 Å². The van der Waals surface area contributed by atoms with Crippen molar-refractivity contribution < 1.29 is 15.0 Å². The molecule has 0 aromatic heterocycles. The van der Waals surface area contributed by atoms with E-state index in [0.717, 1.165) is 17.6 Å². The predicted octanol–water partition coefficient (Wildman–Crippen LogP) is 0.215. The fraction of sp³-hybridized carbons (Fsp3) is 0.583. The van der Waals surface area contributed by atoms with Gasteiger partial charge in [-0.3, -0.25) is 4.79 Å². The second kappa shape index (κ2) is 4.03. The first kappa shape index (κ1) is 11.4. The SMILES string of the molecule is CC(=O)N1CCC=C2C([C@H](C)O)=C[C@H](O)[C@H]21. The van der Waals surface area contributed by atoms with E-state index in [-0.39, 0.29) is 11.9 Å². The van der Waals surface area contributed by atoms with Crippen LogP contribution in [0, 0.1) is 0 Å². The minimum absolute atomic E-state index is 0.0325. The van der Waals surface area contributed by atoms with Crippen molar-refractivity contribution in [2.24, 2.45) is 0 Å². The maximum atomic E-state index is 11.5. The lowest BCUT2D eigenvalue weighted by molar-refractivity contribution is -0.132. The number of aliphatic hydroxyl groups excluding tert-OH is 2. The average molecular weight is 223 g/mol. The molecule has 1 aliphatic heterocycles. The van der Waals surface area contributed by atoms with Crippen LogP contribution in [-0.4, -0.2) is 45.8 Å². The maximum Gasteiger partial charge on any atom is 0.220 e. The third kappa shape index (κ3) is 1.68. The average Bonchev–Trinajstić information content (AvgIpc) is 2.56. The second-order valence-corrected chi connectivity index (χ2v) is 4.39. The van der Waals surface area contributed by atoms with Crippen LogP contribution in [0.1, 0.15) is 20.3 Å². The van der Waals surface area contributed by atoms with Gasteiger partial charge in [0.1, 0.15) is 0 Å². The summed E-state index contributed by atoms with van der Waals surface area (Å²) >= 11 is 0. The van der Waals surface area contributed by atoms with Crippen LogP contribution >= 0.6 is 0 Å². The summed E-state index contributed by atoms with van der Waals surface area (Å²) in [5.41, 5.74) is 1.66. The molecule has 0 bridgehead atoms. The molecule has 4 heteroatoms. The summed E-state index contributed by atoms with van der Waals surface area (Å²) in [5.74, 6) is -0.0325. The van der Waals surface area contributed by atoms with Crippen molar-refractivity contribution >= 4 is 5.91 Å².